The molecule has 0 aliphatic carbocycles. The third-order valence-electron chi connectivity index (χ3n) is 11.9. The maximum Gasteiger partial charge on any atom is 0.505 e. The summed E-state index contributed by atoms with van der Waals surface area (Å²) in [6.45, 7) is 74.4. The van der Waals surface area contributed by atoms with E-state index < -0.39 is 12.1 Å². The van der Waals surface area contributed by atoms with Gasteiger partial charge < -0.3 is 143 Å². The number of aliphatic hydroxyl groups is 2. The Balaban J connectivity index is -0.000000133. The molecule has 0 saturated carbocycles. The molecule has 0 fully saturated rings. The maximum atomic E-state index is 10.7. The third-order valence-corrected chi connectivity index (χ3v) is 11.9. The molecule has 0 unspecified atom stereocenters. The number of carbonyl (C=O) groups is 4. The smallest absolute Gasteiger partial charge is 0.505 e. The molecule has 0 amide bonds. The third kappa shape index (κ3) is 158. The molecule has 131 heavy (non-hydrogen) atoms. The lowest BCUT2D eigenvalue weighted by Crippen LogP contribution is -2.09. The minimum absolute atomic E-state index is 0.0430. The van der Waals surface area contributed by atoms with Crippen LogP contribution in [0, 0.1) is 6.92 Å². The first-order chi connectivity index (χ1) is 63.7. The van der Waals surface area contributed by atoms with Gasteiger partial charge in [0.25, 0.3) is 0 Å². The SMILES string of the molecule is C=COC.C=COC.C=COCCC=O.C=COCCCCOCC=O.C=COCCO.C=COCCO.C=COCCOC.C=COCCOC.C=COCCOC(=O)C(=C)C.C=COCCOC(=O)O.C=COCCOCC.C=COCCOCC.C=COCCOc1ccc(-c2ccccc2)cc1.C=COCCOc1ccc(C)cc1.C=COCCOc1ccccc1. The number of aryl methyl sites for hydroxylation is 1. The molecule has 0 aliphatic heterocycles. The molecule has 4 rings (SSSR count). The summed E-state index contributed by atoms with van der Waals surface area (Å²) in [5.41, 5.74) is 4.02. The number of hydrogen-bond acceptors (Lipinski definition) is 31. The zero-order valence-corrected chi connectivity index (χ0v) is 79.1. The van der Waals surface area contributed by atoms with Gasteiger partial charge in [0.2, 0.25) is 0 Å². The standard InChI is InChI=1S/C16H16O2.C11H14O2.C10H12O2.C8H12O3.C8H14O3.2C6H12O2.C5H8O4.2C5H10O2.C5H8O2.2C4H8O2.2C3H6O/c1-2-17-12-13-18-16-10-8-15(9-11-16)14-6-4-3-5-7-14;1-3-12-8-9-13-11-6-4-10(2)5-7-11;1-2-11-8-9-12-10-6-4-3-5-7-10;1-4-10-5-6-11-8(9)7(2)3;1-2-10-6-3-4-7-11-8-5-9;2*1-3-7-5-6-8-4-2;1-2-8-3-4-9-5(6)7;2*1-3-7-5-4-6-2;1-2-7-5-3-4-6;2*1-2-6-4-3-5;2*1-3-4-2/h2-11H,1,12-13H2;3-7H,1,8-9H2,2H3;2-7H,1,8-9H2;4H,1-2,5-6H2,3H3;2,5H,1,3-4,6-8H2;2*3H,1,4-6H2,2H3;2H,1,3-4H2,(H,6,7);2*3H,1,4-5H2,2H3;2,4H,1,3,5H2;2*2,5H,1,3-4H2;2*3H,1H2,2H3. The highest BCUT2D eigenvalue weighted by Gasteiger charge is 2.02. The highest BCUT2D eigenvalue weighted by atomic mass is 16.7. The van der Waals surface area contributed by atoms with Crippen LogP contribution in [0.2, 0.25) is 0 Å². The van der Waals surface area contributed by atoms with Crippen molar-refractivity contribution in [1.82, 2.24) is 0 Å². The molecule has 744 valence electrons. The first-order valence-electron chi connectivity index (χ1n) is 40.6. The summed E-state index contributed by atoms with van der Waals surface area (Å²) in [5, 5.41) is 24.0. The van der Waals surface area contributed by atoms with Crippen molar-refractivity contribution in [2.75, 3.05) is 213 Å². The molecule has 0 bridgehead atoms. The molecular formula is C99H156O32. The fourth-order valence-electron chi connectivity index (χ4n) is 6.22. The van der Waals surface area contributed by atoms with E-state index in [0.29, 0.717) is 144 Å². The van der Waals surface area contributed by atoms with Crippen LogP contribution in [0.15, 0.2) is 314 Å². The first kappa shape index (κ1) is 141. The number of unbranched alkanes of at least 4 members (excludes halogenated alkanes) is 1. The molecule has 0 radical (unpaired) electrons. The van der Waals surface area contributed by atoms with Gasteiger partial charge in [-0.1, -0.05) is 184 Å². The summed E-state index contributed by atoms with van der Waals surface area (Å²) in [7, 11) is 6.39. The Bertz CT molecular complexity index is 3030. The van der Waals surface area contributed by atoms with Gasteiger partial charge in [0.1, 0.15) is 142 Å². The van der Waals surface area contributed by atoms with Crippen molar-refractivity contribution in [1.29, 1.82) is 0 Å². The Morgan fingerprint density at radius 2 is 0.611 bits per heavy atom. The van der Waals surface area contributed by atoms with E-state index in [1.54, 1.807) is 35.4 Å². The van der Waals surface area contributed by atoms with E-state index in [4.69, 9.17) is 91.1 Å². The van der Waals surface area contributed by atoms with Crippen LogP contribution in [0.25, 0.3) is 11.1 Å². The molecule has 0 heterocycles. The van der Waals surface area contributed by atoms with E-state index >= 15 is 0 Å². The van der Waals surface area contributed by atoms with Crippen molar-refractivity contribution in [2.24, 2.45) is 0 Å². The molecule has 0 spiro atoms. The number of aliphatic hydroxyl groups excluding tert-OH is 2. The fourth-order valence-corrected chi connectivity index (χ4v) is 6.22. The van der Waals surface area contributed by atoms with Crippen LogP contribution in [0.1, 0.15) is 45.6 Å². The van der Waals surface area contributed by atoms with Crippen molar-refractivity contribution in [3.63, 3.8) is 0 Å². The molecule has 4 aromatic rings. The van der Waals surface area contributed by atoms with Gasteiger partial charge >= 0.3 is 12.1 Å². The molecule has 0 aromatic heterocycles. The molecule has 0 aliphatic rings. The van der Waals surface area contributed by atoms with Gasteiger partial charge in [-0.2, -0.15) is 0 Å². The van der Waals surface area contributed by atoms with E-state index in [1.165, 1.54) is 111 Å². The van der Waals surface area contributed by atoms with Crippen molar-refractivity contribution in [3.8, 4) is 28.4 Å². The second kappa shape index (κ2) is 143. The van der Waals surface area contributed by atoms with Crippen molar-refractivity contribution in [2.45, 2.75) is 47.0 Å². The highest BCUT2D eigenvalue weighted by Crippen LogP contribution is 2.22. The second-order valence-electron chi connectivity index (χ2n) is 21.6. The quantitative estimate of drug-likeness (QED) is 0.0121. The summed E-state index contributed by atoms with van der Waals surface area (Å²) >= 11 is 0. The Morgan fingerprint density at radius 3 is 0.916 bits per heavy atom. The molecular weight excluding hydrogens is 1700 g/mol. The lowest BCUT2D eigenvalue weighted by atomic mass is 10.1. The van der Waals surface area contributed by atoms with Crippen molar-refractivity contribution in [3.05, 3.63) is 320 Å². The monoisotopic (exact) mass is 1860 g/mol. The van der Waals surface area contributed by atoms with Crippen molar-refractivity contribution >= 4 is 24.7 Å². The fraction of sp³-hybridized carbons (Fsp3) is 0.394. The van der Waals surface area contributed by atoms with Crippen LogP contribution in [-0.4, -0.2) is 253 Å². The zero-order valence-electron chi connectivity index (χ0n) is 79.1. The largest absolute Gasteiger partial charge is 0.505 e. The lowest BCUT2D eigenvalue weighted by Gasteiger charge is -2.07. The average molecular weight is 1860 g/mol. The van der Waals surface area contributed by atoms with Gasteiger partial charge in [-0.05, 0) is 88.1 Å². The van der Waals surface area contributed by atoms with Gasteiger partial charge in [0, 0.05) is 46.0 Å². The lowest BCUT2D eigenvalue weighted by molar-refractivity contribution is -0.140. The minimum atomic E-state index is -1.29. The first-order valence-corrected chi connectivity index (χ1v) is 40.6. The summed E-state index contributed by atoms with van der Waals surface area (Å²) in [6.07, 6.45) is 23.1. The van der Waals surface area contributed by atoms with Crippen LogP contribution in [0.5, 0.6) is 17.2 Å². The number of ether oxygens (including phenoxy) is 25. The number of esters is 1. The van der Waals surface area contributed by atoms with Crippen LogP contribution < -0.4 is 14.2 Å². The zero-order chi connectivity index (χ0) is 101. The molecule has 0 saturated heterocycles. The summed E-state index contributed by atoms with van der Waals surface area (Å²) < 4.78 is 119. The number of hydrogen-bond donors (Lipinski definition) is 3. The predicted octanol–water partition coefficient (Wildman–Crippen LogP) is 18.4. The van der Waals surface area contributed by atoms with Gasteiger partial charge in [-0.25, -0.2) is 9.59 Å². The van der Waals surface area contributed by atoms with Crippen LogP contribution >= 0.6 is 0 Å². The molecule has 32 nitrogen and oxygen atoms in total. The van der Waals surface area contributed by atoms with Gasteiger partial charge in [0.15, 0.2) is 0 Å². The Morgan fingerprint density at radius 1 is 0.321 bits per heavy atom. The Labute approximate surface area is 782 Å². The van der Waals surface area contributed by atoms with Crippen LogP contribution in [0.3, 0.4) is 0 Å². The highest BCUT2D eigenvalue weighted by molar-refractivity contribution is 5.86. The van der Waals surface area contributed by atoms with E-state index in [9.17, 15) is 19.2 Å². The molecule has 3 N–H and O–H groups in total. The van der Waals surface area contributed by atoms with Gasteiger partial charge in [-0.3, -0.25) is 0 Å². The second-order valence-corrected chi connectivity index (χ2v) is 21.6. The number of benzene rings is 4. The number of para-hydroxylation sites is 1. The van der Waals surface area contributed by atoms with Gasteiger partial charge in [0.05, 0.1) is 161 Å². The predicted molar refractivity (Wildman–Crippen MR) is 518 cm³/mol. The normalized spacial score (nSPS) is 8.44. The van der Waals surface area contributed by atoms with E-state index in [0.717, 1.165) is 55.9 Å². The summed E-state index contributed by atoms with van der Waals surface area (Å²) in [5.74, 6) is 2.20. The van der Waals surface area contributed by atoms with E-state index in [-0.39, 0.29) is 39.6 Å². The van der Waals surface area contributed by atoms with E-state index in [1.807, 2.05) is 106 Å². The average Bonchev–Trinajstić information content (AvgIpc) is 0.865. The summed E-state index contributed by atoms with van der Waals surface area (Å²) in [6, 6.07) is 35.9. The Kier molecular flexibility index (Phi) is 154. The van der Waals surface area contributed by atoms with E-state index in [2.05, 4.69) is 172 Å². The van der Waals surface area contributed by atoms with Crippen LogP contribution in [0.4, 0.5) is 4.79 Å². The number of aldehydes is 2. The summed E-state index contributed by atoms with van der Waals surface area (Å²) in [4.78, 5) is 39.7. The molecule has 0 atom stereocenters. The number of methoxy groups -OCH3 is 4. The minimum Gasteiger partial charge on any atom is -0.505 e. The van der Waals surface area contributed by atoms with Crippen LogP contribution in [-0.2, 0) is 119 Å². The number of carboxylic acid groups (broad SMARTS) is 1. The molecule has 32 heteroatoms. The number of rotatable bonds is 63. The molecule has 4 aromatic carbocycles. The van der Waals surface area contributed by atoms with Crippen molar-refractivity contribution < 1.29 is 153 Å². The number of carbonyl (C=O) groups excluding carboxylic acids is 3. The van der Waals surface area contributed by atoms with Gasteiger partial charge in [-0.15, -0.1) is 0 Å². The Hall–Kier alpha value is -13.1. The topological polar surface area (TPSA) is 360 Å². The maximum absolute atomic E-state index is 10.7.